The van der Waals surface area contributed by atoms with E-state index in [-0.39, 0.29) is 12.2 Å². The van der Waals surface area contributed by atoms with Crippen LogP contribution in [-0.4, -0.2) is 23.3 Å². The van der Waals surface area contributed by atoms with Crippen LogP contribution in [0.15, 0.2) is 39.2 Å². The van der Waals surface area contributed by atoms with Crippen molar-refractivity contribution in [3.63, 3.8) is 0 Å². The minimum Gasteiger partial charge on any atom is -0.458 e. The molecule has 0 fully saturated rings. The number of nitrogens with zero attached hydrogens (tertiary/aromatic N) is 1. The number of halogens is 1. The van der Waals surface area contributed by atoms with E-state index < -0.39 is 17.3 Å². The molecule has 0 spiro atoms. The van der Waals surface area contributed by atoms with Crippen LogP contribution in [0.4, 0.5) is 5.69 Å². The Labute approximate surface area is 154 Å². The van der Waals surface area contributed by atoms with Gasteiger partial charge in [-0.05, 0) is 43.7 Å². The van der Waals surface area contributed by atoms with Crippen LogP contribution in [0.2, 0.25) is 0 Å². The molecule has 5 nitrogen and oxygen atoms in total. The monoisotopic (exact) mass is 405 g/mol. The molecule has 6 heteroatoms. The number of hydrogen-bond donors (Lipinski definition) is 1. The van der Waals surface area contributed by atoms with Gasteiger partial charge in [0.2, 0.25) is 5.78 Å². The number of hydrogen-bond acceptors (Lipinski definition) is 4. The van der Waals surface area contributed by atoms with Crippen LogP contribution >= 0.6 is 15.9 Å². The highest BCUT2D eigenvalue weighted by molar-refractivity contribution is 9.10. The van der Waals surface area contributed by atoms with Gasteiger partial charge in [-0.1, -0.05) is 29.3 Å². The van der Waals surface area contributed by atoms with Crippen molar-refractivity contribution in [3.8, 4) is 0 Å². The van der Waals surface area contributed by atoms with Gasteiger partial charge < -0.3 is 14.4 Å². The minimum absolute atomic E-state index is 0.155. The number of aryl methyl sites for hydroxylation is 1. The molecule has 1 aromatic heterocycles. The molecule has 0 unspecified atom stereocenters. The summed E-state index contributed by atoms with van der Waals surface area (Å²) in [7, 11) is 0. The lowest BCUT2D eigenvalue weighted by molar-refractivity contribution is -0.135. The molecular weight excluding hydrogens is 386 g/mol. The molecule has 2 heterocycles. The number of rotatable bonds is 6. The average molecular weight is 406 g/mol. The lowest BCUT2D eigenvalue weighted by Gasteiger charge is -2.22. The average Bonchev–Trinajstić information content (AvgIpc) is 3.09. The van der Waals surface area contributed by atoms with Gasteiger partial charge in [-0.3, -0.25) is 9.59 Å². The number of ketones is 1. The van der Waals surface area contributed by atoms with Crippen molar-refractivity contribution >= 4 is 33.3 Å². The van der Waals surface area contributed by atoms with Gasteiger partial charge in [0.25, 0.3) is 5.91 Å². The molecule has 0 saturated heterocycles. The Morgan fingerprint density at radius 1 is 1.32 bits per heavy atom. The van der Waals surface area contributed by atoms with Crippen LogP contribution < -0.4 is 4.90 Å². The summed E-state index contributed by atoms with van der Waals surface area (Å²) in [6.45, 7) is 4.30. The maximum atomic E-state index is 13.0. The van der Waals surface area contributed by atoms with Crippen LogP contribution in [-0.2, 0) is 10.4 Å². The van der Waals surface area contributed by atoms with E-state index in [4.69, 9.17) is 4.42 Å². The molecule has 2 aromatic rings. The minimum atomic E-state index is -1.87. The third-order valence-electron chi connectivity index (χ3n) is 4.46. The number of Topliss-reactive ketones (excluding diaryl/α,β-unsaturated/α-hetero) is 1. The fourth-order valence-electron chi connectivity index (χ4n) is 3.14. The van der Waals surface area contributed by atoms with Crippen molar-refractivity contribution in [2.45, 2.75) is 38.7 Å². The van der Waals surface area contributed by atoms with Crippen LogP contribution in [0.25, 0.3) is 0 Å². The Bertz CT molecular complexity index is 829. The highest BCUT2D eigenvalue weighted by atomic mass is 79.9. The summed E-state index contributed by atoms with van der Waals surface area (Å²) in [6, 6.07) is 8.59. The van der Waals surface area contributed by atoms with Crippen molar-refractivity contribution < 1.29 is 19.1 Å². The van der Waals surface area contributed by atoms with E-state index in [2.05, 4.69) is 15.9 Å². The number of fused-ring (bicyclic) bond motifs is 1. The summed E-state index contributed by atoms with van der Waals surface area (Å²) in [6.07, 6.45) is 1.41. The van der Waals surface area contributed by atoms with Crippen LogP contribution in [0, 0.1) is 6.92 Å². The topological polar surface area (TPSA) is 70.8 Å². The molecule has 25 heavy (non-hydrogen) atoms. The maximum Gasteiger partial charge on any atom is 0.264 e. The second-order valence-electron chi connectivity index (χ2n) is 6.34. The fraction of sp³-hybridized carbons (Fsp3) is 0.368. The highest BCUT2D eigenvalue weighted by Gasteiger charge is 2.51. The van der Waals surface area contributed by atoms with E-state index in [1.165, 1.54) is 0 Å². The summed E-state index contributed by atoms with van der Waals surface area (Å²) in [5, 5.41) is 11.2. The van der Waals surface area contributed by atoms with Gasteiger partial charge in [0.1, 0.15) is 5.76 Å². The van der Waals surface area contributed by atoms with E-state index >= 15 is 0 Å². The highest BCUT2D eigenvalue weighted by Crippen LogP contribution is 2.44. The number of aliphatic hydroxyl groups is 1. The molecule has 0 bridgehead atoms. The van der Waals surface area contributed by atoms with E-state index in [0.29, 0.717) is 23.6 Å². The molecule has 1 aliphatic heterocycles. The Kier molecular flexibility index (Phi) is 4.84. The second-order valence-corrected chi connectivity index (χ2v) is 7.26. The summed E-state index contributed by atoms with van der Waals surface area (Å²) in [5.74, 6) is -0.0824. The lowest BCUT2D eigenvalue weighted by Crippen LogP contribution is -2.42. The molecule has 132 valence electrons. The predicted octanol–water partition coefficient (Wildman–Crippen LogP) is 3.96. The van der Waals surface area contributed by atoms with Gasteiger partial charge in [-0.15, -0.1) is 0 Å². The number of benzene rings is 1. The molecular formula is C19H20BrNO4. The fourth-order valence-corrected chi connectivity index (χ4v) is 3.50. The molecule has 0 saturated carbocycles. The molecule has 1 aromatic carbocycles. The molecule has 3 rings (SSSR count). The van der Waals surface area contributed by atoms with Crippen molar-refractivity contribution in [3.05, 3.63) is 51.9 Å². The summed E-state index contributed by atoms with van der Waals surface area (Å²) in [4.78, 5) is 27.1. The number of amides is 1. The van der Waals surface area contributed by atoms with Crippen molar-refractivity contribution in [2.24, 2.45) is 0 Å². The van der Waals surface area contributed by atoms with Gasteiger partial charge in [-0.2, -0.15) is 0 Å². The first kappa shape index (κ1) is 17.9. The SMILES string of the molecule is CCCCN1C(=O)[C@](O)(CC(=O)c2ccc(C)o2)c2cc(Br)ccc21. The number of carbonyl (C=O) groups excluding carboxylic acids is 2. The Morgan fingerprint density at radius 2 is 2.08 bits per heavy atom. The second kappa shape index (κ2) is 6.77. The first-order chi connectivity index (χ1) is 11.9. The number of anilines is 1. The molecule has 1 N–H and O–H groups in total. The zero-order valence-electron chi connectivity index (χ0n) is 14.2. The van der Waals surface area contributed by atoms with Crippen LogP contribution in [0.1, 0.15) is 48.1 Å². The van der Waals surface area contributed by atoms with Crippen molar-refractivity contribution in [1.82, 2.24) is 0 Å². The van der Waals surface area contributed by atoms with Gasteiger partial charge in [0.15, 0.2) is 11.4 Å². The Hall–Kier alpha value is -1.92. The molecule has 1 aliphatic rings. The standard InChI is InChI=1S/C19H20BrNO4/c1-3-4-9-21-15-7-6-13(20)10-14(15)19(24,18(21)23)11-16(22)17-8-5-12(2)25-17/h5-8,10,24H,3-4,9,11H2,1-2H3/t19-/m0/s1. The zero-order valence-corrected chi connectivity index (χ0v) is 15.8. The van der Waals surface area contributed by atoms with E-state index in [0.717, 1.165) is 17.3 Å². The van der Waals surface area contributed by atoms with Crippen LogP contribution in [0.5, 0.6) is 0 Å². The lowest BCUT2D eigenvalue weighted by atomic mass is 9.89. The summed E-state index contributed by atoms with van der Waals surface area (Å²) >= 11 is 3.38. The van der Waals surface area contributed by atoms with E-state index in [1.807, 2.05) is 13.0 Å². The molecule has 0 aliphatic carbocycles. The maximum absolute atomic E-state index is 13.0. The Balaban J connectivity index is 1.98. The van der Waals surface area contributed by atoms with Crippen LogP contribution in [0.3, 0.4) is 0 Å². The van der Waals surface area contributed by atoms with Crippen molar-refractivity contribution in [2.75, 3.05) is 11.4 Å². The first-order valence-corrected chi connectivity index (χ1v) is 9.10. The summed E-state index contributed by atoms with van der Waals surface area (Å²) < 4.78 is 6.09. The third-order valence-corrected chi connectivity index (χ3v) is 4.95. The van der Waals surface area contributed by atoms with Gasteiger partial charge in [-0.25, -0.2) is 0 Å². The van der Waals surface area contributed by atoms with E-state index in [9.17, 15) is 14.7 Å². The largest absolute Gasteiger partial charge is 0.458 e. The Morgan fingerprint density at radius 3 is 2.72 bits per heavy atom. The zero-order chi connectivity index (χ0) is 18.2. The van der Waals surface area contributed by atoms with Gasteiger partial charge in [0, 0.05) is 16.6 Å². The molecule has 1 atom stereocenters. The number of furan rings is 1. The normalized spacial score (nSPS) is 19.4. The summed E-state index contributed by atoms with van der Waals surface area (Å²) in [5.41, 5.74) is -0.753. The third kappa shape index (κ3) is 3.16. The number of carbonyl (C=O) groups is 2. The van der Waals surface area contributed by atoms with Crippen molar-refractivity contribution in [1.29, 1.82) is 0 Å². The smallest absolute Gasteiger partial charge is 0.264 e. The van der Waals surface area contributed by atoms with Gasteiger partial charge in [0.05, 0.1) is 12.1 Å². The molecule has 1 amide bonds. The molecule has 0 radical (unpaired) electrons. The van der Waals surface area contributed by atoms with E-state index in [1.54, 1.807) is 36.1 Å². The quantitative estimate of drug-likeness (QED) is 0.738. The van der Waals surface area contributed by atoms with Gasteiger partial charge >= 0.3 is 0 Å². The number of unbranched alkanes of at least 4 members (excludes halogenated alkanes) is 1. The predicted molar refractivity (Wildman–Crippen MR) is 97.7 cm³/mol. The first-order valence-electron chi connectivity index (χ1n) is 8.31.